The van der Waals surface area contributed by atoms with E-state index in [0.717, 1.165) is 0 Å². The molecule has 7 heteroatoms. The Bertz CT molecular complexity index is 613. The fourth-order valence-corrected chi connectivity index (χ4v) is 2.38. The van der Waals surface area contributed by atoms with Crippen LogP contribution in [0.5, 0.6) is 5.75 Å². The first-order chi connectivity index (χ1) is 12.2. The van der Waals surface area contributed by atoms with Gasteiger partial charge >= 0.3 is 5.97 Å². The monoisotopic (exact) mass is 364 g/mol. The van der Waals surface area contributed by atoms with E-state index in [1.165, 1.54) is 18.9 Å². The third-order valence-electron chi connectivity index (χ3n) is 3.61. The number of amides is 2. The Balaban J connectivity index is 2.87. The summed E-state index contributed by atoms with van der Waals surface area (Å²) < 4.78 is 10.3. The van der Waals surface area contributed by atoms with Crippen molar-refractivity contribution in [2.24, 2.45) is 5.92 Å². The van der Waals surface area contributed by atoms with Crippen LogP contribution in [0.15, 0.2) is 24.3 Å². The number of hydrogen-bond acceptors (Lipinski definition) is 5. The van der Waals surface area contributed by atoms with Crippen molar-refractivity contribution in [1.82, 2.24) is 10.2 Å². The van der Waals surface area contributed by atoms with Crippen molar-refractivity contribution in [3.63, 3.8) is 0 Å². The number of nitrogens with one attached hydrogen (secondary N) is 1. The van der Waals surface area contributed by atoms with E-state index in [1.54, 1.807) is 31.2 Å². The number of carbonyl (C=O) groups excluding carboxylic acids is 3. The SMILES string of the molecule is COC(=O)C(C)CN(CCNC(C)=O)C(=O)c1ccc(OC(C)C)cc1. The summed E-state index contributed by atoms with van der Waals surface area (Å²) in [6, 6.07) is 6.86. The van der Waals surface area contributed by atoms with Gasteiger partial charge in [0.2, 0.25) is 5.91 Å². The fraction of sp³-hybridized carbons (Fsp3) is 0.526. The summed E-state index contributed by atoms with van der Waals surface area (Å²) in [7, 11) is 1.32. The second kappa shape index (κ2) is 10.4. The summed E-state index contributed by atoms with van der Waals surface area (Å²) in [6.07, 6.45) is 0.0478. The molecule has 1 unspecified atom stereocenters. The molecule has 0 heterocycles. The number of esters is 1. The topological polar surface area (TPSA) is 84.9 Å². The van der Waals surface area contributed by atoms with Crippen molar-refractivity contribution in [3.05, 3.63) is 29.8 Å². The molecule has 0 bridgehead atoms. The summed E-state index contributed by atoms with van der Waals surface area (Å²) in [5, 5.41) is 2.66. The molecule has 2 amide bonds. The van der Waals surface area contributed by atoms with Gasteiger partial charge in [-0.2, -0.15) is 0 Å². The van der Waals surface area contributed by atoms with E-state index < -0.39 is 5.92 Å². The van der Waals surface area contributed by atoms with Crippen molar-refractivity contribution in [1.29, 1.82) is 0 Å². The zero-order chi connectivity index (χ0) is 19.7. The Morgan fingerprint density at radius 1 is 1.12 bits per heavy atom. The first-order valence-corrected chi connectivity index (χ1v) is 8.62. The van der Waals surface area contributed by atoms with Crippen molar-refractivity contribution in [2.75, 3.05) is 26.7 Å². The van der Waals surface area contributed by atoms with Gasteiger partial charge in [0.05, 0.1) is 19.1 Å². The maximum Gasteiger partial charge on any atom is 0.310 e. The number of hydrogen-bond donors (Lipinski definition) is 1. The standard InChI is InChI=1S/C19H28N2O5/c1-13(2)26-17-8-6-16(7-9-17)18(23)21(11-10-20-15(4)22)12-14(3)19(24)25-5/h6-9,13-14H,10-12H2,1-5H3,(H,20,22). The van der Waals surface area contributed by atoms with Crippen LogP contribution in [-0.4, -0.2) is 55.5 Å². The predicted molar refractivity (Wildman–Crippen MR) is 98.0 cm³/mol. The first-order valence-electron chi connectivity index (χ1n) is 8.62. The van der Waals surface area contributed by atoms with Crippen molar-refractivity contribution < 1.29 is 23.9 Å². The highest BCUT2D eigenvalue weighted by Crippen LogP contribution is 2.16. The lowest BCUT2D eigenvalue weighted by atomic mass is 10.1. The van der Waals surface area contributed by atoms with E-state index in [1.807, 2.05) is 13.8 Å². The van der Waals surface area contributed by atoms with Gasteiger partial charge in [0.1, 0.15) is 5.75 Å². The van der Waals surface area contributed by atoms with Crippen LogP contribution >= 0.6 is 0 Å². The number of benzene rings is 1. The van der Waals surface area contributed by atoms with Crippen LogP contribution in [-0.2, 0) is 14.3 Å². The van der Waals surface area contributed by atoms with Gasteiger partial charge in [-0.1, -0.05) is 6.92 Å². The van der Waals surface area contributed by atoms with E-state index in [-0.39, 0.29) is 30.4 Å². The lowest BCUT2D eigenvalue weighted by Gasteiger charge is -2.25. The lowest BCUT2D eigenvalue weighted by Crippen LogP contribution is -2.41. The zero-order valence-corrected chi connectivity index (χ0v) is 16.1. The molecule has 0 aromatic heterocycles. The normalized spacial score (nSPS) is 11.6. The number of ether oxygens (including phenoxy) is 2. The number of carbonyl (C=O) groups is 3. The van der Waals surface area contributed by atoms with Crippen molar-refractivity contribution in [3.8, 4) is 5.75 Å². The van der Waals surface area contributed by atoms with E-state index in [0.29, 0.717) is 24.4 Å². The van der Waals surface area contributed by atoms with E-state index in [2.05, 4.69) is 5.32 Å². The predicted octanol–water partition coefficient (Wildman–Crippen LogP) is 1.86. The first kappa shape index (κ1) is 21.5. The molecule has 0 saturated carbocycles. The Hall–Kier alpha value is -2.57. The molecule has 1 rings (SSSR count). The highest BCUT2D eigenvalue weighted by Gasteiger charge is 2.22. The molecule has 1 aromatic rings. The van der Waals surface area contributed by atoms with Crippen molar-refractivity contribution in [2.45, 2.75) is 33.8 Å². The molecule has 0 aliphatic heterocycles. The van der Waals surface area contributed by atoms with Crippen LogP contribution < -0.4 is 10.1 Å². The summed E-state index contributed by atoms with van der Waals surface area (Å²) in [4.78, 5) is 37.1. The van der Waals surface area contributed by atoms with Crippen LogP contribution in [0.2, 0.25) is 0 Å². The minimum Gasteiger partial charge on any atom is -0.491 e. The fourth-order valence-electron chi connectivity index (χ4n) is 2.38. The van der Waals surface area contributed by atoms with Gasteiger partial charge in [-0.3, -0.25) is 14.4 Å². The van der Waals surface area contributed by atoms with E-state index in [4.69, 9.17) is 9.47 Å². The third kappa shape index (κ3) is 7.13. The van der Waals surface area contributed by atoms with Gasteiger partial charge in [0.15, 0.2) is 0 Å². The Morgan fingerprint density at radius 2 is 1.73 bits per heavy atom. The van der Waals surface area contributed by atoms with Crippen LogP contribution in [0.3, 0.4) is 0 Å². The minimum absolute atomic E-state index is 0.0478. The molecule has 0 fully saturated rings. The molecule has 0 radical (unpaired) electrons. The maximum atomic E-state index is 12.8. The smallest absolute Gasteiger partial charge is 0.310 e. The van der Waals surface area contributed by atoms with Crippen LogP contribution in [0.25, 0.3) is 0 Å². The quantitative estimate of drug-likeness (QED) is 0.676. The molecule has 1 atom stereocenters. The molecule has 0 aliphatic rings. The molecule has 0 spiro atoms. The van der Waals surface area contributed by atoms with Gasteiger partial charge in [0, 0.05) is 32.1 Å². The molecular weight excluding hydrogens is 336 g/mol. The zero-order valence-electron chi connectivity index (χ0n) is 16.1. The molecule has 7 nitrogen and oxygen atoms in total. The summed E-state index contributed by atoms with van der Waals surface area (Å²) in [6.45, 7) is 7.78. The highest BCUT2D eigenvalue weighted by atomic mass is 16.5. The molecule has 1 aromatic carbocycles. The Labute approximate surface area is 154 Å². The third-order valence-corrected chi connectivity index (χ3v) is 3.61. The average molecular weight is 364 g/mol. The average Bonchev–Trinajstić information content (AvgIpc) is 2.59. The largest absolute Gasteiger partial charge is 0.491 e. The second-order valence-electron chi connectivity index (χ2n) is 6.35. The minimum atomic E-state index is -0.468. The van der Waals surface area contributed by atoms with Crippen LogP contribution in [0.4, 0.5) is 0 Å². The van der Waals surface area contributed by atoms with Gasteiger partial charge in [0.25, 0.3) is 5.91 Å². The molecular formula is C19H28N2O5. The highest BCUT2D eigenvalue weighted by molar-refractivity contribution is 5.94. The number of methoxy groups -OCH3 is 1. The van der Waals surface area contributed by atoms with Crippen LogP contribution in [0, 0.1) is 5.92 Å². The molecule has 26 heavy (non-hydrogen) atoms. The Kier molecular flexibility index (Phi) is 8.61. The van der Waals surface area contributed by atoms with Gasteiger partial charge in [-0.25, -0.2) is 0 Å². The summed E-state index contributed by atoms with van der Waals surface area (Å²) in [5.74, 6) is -0.562. The molecule has 0 aliphatic carbocycles. The molecule has 1 N–H and O–H groups in total. The second-order valence-corrected chi connectivity index (χ2v) is 6.35. The number of nitrogens with zero attached hydrogens (tertiary/aromatic N) is 1. The maximum absolute atomic E-state index is 12.8. The summed E-state index contributed by atoms with van der Waals surface area (Å²) >= 11 is 0. The Morgan fingerprint density at radius 3 is 2.23 bits per heavy atom. The van der Waals surface area contributed by atoms with Crippen LogP contribution in [0.1, 0.15) is 38.1 Å². The van der Waals surface area contributed by atoms with E-state index >= 15 is 0 Å². The van der Waals surface area contributed by atoms with Gasteiger partial charge in [-0.15, -0.1) is 0 Å². The lowest BCUT2D eigenvalue weighted by molar-refractivity contribution is -0.145. The number of rotatable bonds is 9. The van der Waals surface area contributed by atoms with E-state index in [9.17, 15) is 14.4 Å². The van der Waals surface area contributed by atoms with Gasteiger partial charge < -0.3 is 19.7 Å². The van der Waals surface area contributed by atoms with Crippen molar-refractivity contribution >= 4 is 17.8 Å². The molecule has 0 saturated heterocycles. The summed E-state index contributed by atoms with van der Waals surface area (Å²) in [5.41, 5.74) is 0.487. The van der Waals surface area contributed by atoms with Gasteiger partial charge in [-0.05, 0) is 38.1 Å². The molecule has 144 valence electrons.